The van der Waals surface area contributed by atoms with Crippen LogP contribution in [0.4, 0.5) is 0 Å². The molecule has 140 valence electrons. The van der Waals surface area contributed by atoms with Crippen molar-refractivity contribution in [3.8, 4) is 11.8 Å². The van der Waals surface area contributed by atoms with E-state index < -0.39 is 0 Å². The molecule has 1 atom stereocenters. The van der Waals surface area contributed by atoms with Gasteiger partial charge in [-0.1, -0.05) is 12.1 Å². The molecule has 1 amide bonds. The average molecular weight is 367 g/mol. The maximum absolute atomic E-state index is 12.8. The number of hydrogen-bond acceptors (Lipinski definition) is 6. The van der Waals surface area contributed by atoms with E-state index in [1.807, 2.05) is 33.7 Å². The second-order valence-electron chi connectivity index (χ2n) is 6.45. The number of imidazole rings is 1. The molecule has 0 unspecified atom stereocenters. The number of fused-ring (bicyclic) bond motifs is 1. The van der Waals surface area contributed by atoms with Gasteiger partial charge in [-0.05, 0) is 25.0 Å². The molecule has 3 heterocycles. The zero-order valence-corrected chi connectivity index (χ0v) is 15.1. The summed E-state index contributed by atoms with van der Waals surface area (Å²) in [6, 6.07) is 7.80. The van der Waals surface area contributed by atoms with Gasteiger partial charge in [0.25, 0.3) is 11.8 Å². The number of hydrogen-bond donors (Lipinski definition) is 0. The van der Waals surface area contributed by atoms with E-state index in [2.05, 4.69) is 15.0 Å². The normalized spacial score (nSPS) is 17.1. The Labute approximate surface area is 156 Å². The number of amides is 1. The minimum absolute atomic E-state index is 0.0533. The largest absolute Gasteiger partial charge is 0.477 e. The van der Waals surface area contributed by atoms with E-state index in [9.17, 15) is 4.79 Å². The van der Waals surface area contributed by atoms with E-state index in [1.54, 1.807) is 18.7 Å². The Kier molecular flexibility index (Phi) is 4.86. The summed E-state index contributed by atoms with van der Waals surface area (Å²) in [5, 5.41) is 0. The number of rotatable bonds is 5. The van der Waals surface area contributed by atoms with Crippen LogP contribution in [0.15, 0.2) is 43.0 Å². The molecule has 0 N–H and O–H groups in total. The van der Waals surface area contributed by atoms with Gasteiger partial charge in [0.2, 0.25) is 5.91 Å². The molecule has 1 aliphatic rings. The second-order valence-corrected chi connectivity index (χ2v) is 6.45. The minimum Gasteiger partial charge on any atom is -0.477 e. The molecule has 4 rings (SSSR count). The van der Waals surface area contributed by atoms with Crippen LogP contribution in [0.3, 0.4) is 0 Å². The molecule has 0 spiro atoms. The molecule has 1 saturated heterocycles. The number of piperidine rings is 1. The first-order chi connectivity index (χ1) is 13.2. The average Bonchev–Trinajstić information content (AvgIpc) is 3.11. The second kappa shape index (κ2) is 7.61. The SMILES string of the molecule is COc1nccnc1O[C@H]1CCCN(C(=O)Cn2cnc3ccccc32)C1. The summed E-state index contributed by atoms with van der Waals surface area (Å²) in [5.41, 5.74) is 1.85. The molecule has 1 aromatic carbocycles. The fourth-order valence-corrected chi connectivity index (χ4v) is 3.33. The highest BCUT2D eigenvalue weighted by Gasteiger charge is 2.26. The van der Waals surface area contributed by atoms with Crippen LogP contribution in [0.2, 0.25) is 0 Å². The van der Waals surface area contributed by atoms with E-state index in [-0.39, 0.29) is 18.6 Å². The van der Waals surface area contributed by atoms with Crippen LogP contribution in [-0.4, -0.2) is 56.6 Å². The van der Waals surface area contributed by atoms with Gasteiger partial charge in [0.1, 0.15) is 12.6 Å². The Morgan fingerprint density at radius 1 is 1.19 bits per heavy atom. The lowest BCUT2D eigenvalue weighted by molar-refractivity contribution is -0.134. The Morgan fingerprint density at radius 3 is 2.85 bits per heavy atom. The highest BCUT2D eigenvalue weighted by Crippen LogP contribution is 2.24. The smallest absolute Gasteiger partial charge is 0.278 e. The maximum atomic E-state index is 12.8. The summed E-state index contributed by atoms with van der Waals surface area (Å²) in [4.78, 5) is 27.3. The molecule has 1 fully saturated rings. The van der Waals surface area contributed by atoms with Crippen LogP contribution in [-0.2, 0) is 11.3 Å². The molecule has 0 bridgehead atoms. The van der Waals surface area contributed by atoms with E-state index in [1.165, 1.54) is 7.11 Å². The van der Waals surface area contributed by atoms with Crippen LogP contribution < -0.4 is 9.47 Å². The number of methoxy groups -OCH3 is 1. The third-order valence-corrected chi connectivity index (χ3v) is 4.67. The molecular weight excluding hydrogens is 346 g/mol. The van der Waals surface area contributed by atoms with Gasteiger partial charge in [-0.15, -0.1) is 0 Å². The zero-order chi connectivity index (χ0) is 18.6. The van der Waals surface area contributed by atoms with Crippen LogP contribution in [0.1, 0.15) is 12.8 Å². The number of aromatic nitrogens is 4. The Balaban J connectivity index is 1.42. The van der Waals surface area contributed by atoms with Gasteiger partial charge < -0.3 is 18.9 Å². The van der Waals surface area contributed by atoms with E-state index in [0.717, 1.165) is 30.4 Å². The Bertz CT molecular complexity index is 942. The highest BCUT2D eigenvalue weighted by atomic mass is 16.5. The van der Waals surface area contributed by atoms with Crippen LogP contribution in [0.25, 0.3) is 11.0 Å². The van der Waals surface area contributed by atoms with Crippen molar-refractivity contribution in [3.63, 3.8) is 0 Å². The molecule has 0 radical (unpaired) electrons. The highest BCUT2D eigenvalue weighted by molar-refractivity contribution is 5.80. The quantitative estimate of drug-likeness (QED) is 0.685. The molecule has 1 aliphatic heterocycles. The van der Waals surface area contributed by atoms with Gasteiger partial charge in [-0.3, -0.25) is 4.79 Å². The van der Waals surface area contributed by atoms with Gasteiger partial charge >= 0.3 is 0 Å². The fraction of sp³-hybridized carbons (Fsp3) is 0.368. The van der Waals surface area contributed by atoms with Crippen molar-refractivity contribution in [2.75, 3.05) is 20.2 Å². The summed E-state index contributed by atoms with van der Waals surface area (Å²) in [5.74, 6) is 0.767. The predicted octanol–water partition coefficient (Wildman–Crippen LogP) is 1.90. The topological polar surface area (TPSA) is 82.4 Å². The first-order valence-corrected chi connectivity index (χ1v) is 8.94. The van der Waals surface area contributed by atoms with Gasteiger partial charge in [-0.25, -0.2) is 15.0 Å². The van der Waals surface area contributed by atoms with E-state index in [0.29, 0.717) is 18.3 Å². The monoisotopic (exact) mass is 367 g/mol. The summed E-state index contributed by atoms with van der Waals surface area (Å²) >= 11 is 0. The molecule has 2 aromatic heterocycles. The number of likely N-dealkylation sites (tertiary alicyclic amines) is 1. The van der Waals surface area contributed by atoms with Gasteiger partial charge in [0.05, 0.1) is 31.0 Å². The molecular formula is C19H21N5O3. The van der Waals surface area contributed by atoms with Crippen molar-refractivity contribution in [3.05, 3.63) is 43.0 Å². The number of carbonyl (C=O) groups excluding carboxylic acids is 1. The first-order valence-electron chi connectivity index (χ1n) is 8.94. The number of benzene rings is 1. The third-order valence-electron chi connectivity index (χ3n) is 4.67. The molecule has 0 saturated carbocycles. The van der Waals surface area contributed by atoms with Crippen molar-refractivity contribution >= 4 is 16.9 Å². The lowest BCUT2D eigenvalue weighted by Gasteiger charge is -2.32. The van der Waals surface area contributed by atoms with Crippen molar-refractivity contribution in [1.82, 2.24) is 24.4 Å². The zero-order valence-electron chi connectivity index (χ0n) is 15.1. The number of nitrogens with zero attached hydrogens (tertiary/aromatic N) is 5. The lowest BCUT2D eigenvalue weighted by atomic mass is 10.1. The Hall–Kier alpha value is -3.16. The summed E-state index contributed by atoms with van der Waals surface area (Å²) in [6.45, 7) is 1.51. The van der Waals surface area contributed by atoms with Crippen molar-refractivity contribution in [2.45, 2.75) is 25.5 Å². The Morgan fingerprint density at radius 2 is 2.00 bits per heavy atom. The molecule has 0 aliphatic carbocycles. The van der Waals surface area contributed by atoms with Gasteiger partial charge in [0, 0.05) is 18.9 Å². The van der Waals surface area contributed by atoms with Crippen molar-refractivity contribution < 1.29 is 14.3 Å². The maximum Gasteiger partial charge on any atom is 0.278 e. The summed E-state index contributed by atoms with van der Waals surface area (Å²) < 4.78 is 13.0. The van der Waals surface area contributed by atoms with E-state index in [4.69, 9.17) is 9.47 Å². The third kappa shape index (κ3) is 3.69. The first kappa shape index (κ1) is 17.3. The molecule has 27 heavy (non-hydrogen) atoms. The van der Waals surface area contributed by atoms with E-state index >= 15 is 0 Å². The standard InChI is InChI=1S/C19H21N5O3/c1-26-18-19(21-9-8-20-18)27-14-5-4-10-23(11-14)17(25)12-24-13-22-15-6-2-3-7-16(15)24/h2-3,6-9,13-14H,4-5,10-12H2,1H3/t14-/m0/s1. The predicted molar refractivity (Wildman–Crippen MR) is 98.5 cm³/mol. The van der Waals surface area contributed by atoms with Crippen LogP contribution >= 0.6 is 0 Å². The molecule has 3 aromatic rings. The molecule has 8 nitrogen and oxygen atoms in total. The molecule has 8 heteroatoms. The van der Waals surface area contributed by atoms with Crippen molar-refractivity contribution in [1.29, 1.82) is 0 Å². The fourth-order valence-electron chi connectivity index (χ4n) is 3.33. The number of para-hydroxylation sites is 2. The van der Waals surface area contributed by atoms with Gasteiger partial charge in [0.15, 0.2) is 0 Å². The summed E-state index contributed by atoms with van der Waals surface area (Å²) in [7, 11) is 1.53. The number of ether oxygens (including phenoxy) is 2. The van der Waals surface area contributed by atoms with Crippen LogP contribution in [0, 0.1) is 0 Å². The van der Waals surface area contributed by atoms with Crippen molar-refractivity contribution in [2.24, 2.45) is 0 Å². The minimum atomic E-state index is -0.132. The summed E-state index contributed by atoms with van der Waals surface area (Å²) in [6.07, 6.45) is 6.44. The van der Waals surface area contributed by atoms with Crippen LogP contribution in [0.5, 0.6) is 11.8 Å². The number of carbonyl (C=O) groups is 1. The van der Waals surface area contributed by atoms with Gasteiger partial charge in [-0.2, -0.15) is 0 Å². The lowest BCUT2D eigenvalue weighted by Crippen LogP contribution is -2.45.